The molecule has 0 spiro atoms. The van der Waals surface area contributed by atoms with Crippen LogP contribution in [0.25, 0.3) is 17.0 Å². The van der Waals surface area contributed by atoms with Gasteiger partial charge >= 0.3 is 0 Å². The number of carbonyl (C=O) groups excluding carboxylic acids is 2. The van der Waals surface area contributed by atoms with Crippen LogP contribution in [0, 0.1) is 0 Å². The van der Waals surface area contributed by atoms with E-state index >= 15 is 0 Å². The summed E-state index contributed by atoms with van der Waals surface area (Å²) in [4.78, 5) is 32.7. The van der Waals surface area contributed by atoms with Crippen LogP contribution < -0.4 is 10.5 Å². The molecule has 1 saturated heterocycles. The van der Waals surface area contributed by atoms with Gasteiger partial charge in [0, 0.05) is 28.7 Å². The molecule has 0 unspecified atom stereocenters. The monoisotopic (exact) mass is 502 g/mol. The van der Waals surface area contributed by atoms with Crippen LogP contribution in [0.1, 0.15) is 44.6 Å². The lowest BCUT2D eigenvalue weighted by Gasteiger charge is -2.30. The van der Waals surface area contributed by atoms with Crippen molar-refractivity contribution in [1.82, 2.24) is 9.47 Å². The summed E-state index contributed by atoms with van der Waals surface area (Å²) in [6.07, 6.45) is 9.23. The van der Waals surface area contributed by atoms with Gasteiger partial charge in [-0.25, -0.2) is 4.99 Å². The highest BCUT2D eigenvalue weighted by Crippen LogP contribution is 2.39. The number of aliphatic imine (C=N–C) groups is 1. The molecule has 8 heteroatoms. The van der Waals surface area contributed by atoms with Crippen molar-refractivity contribution >= 4 is 51.4 Å². The number of hydrogen-bond acceptors (Lipinski definition) is 5. The molecule has 5 rings (SSSR count). The minimum atomic E-state index is -0.408. The Labute approximate surface area is 215 Å². The van der Waals surface area contributed by atoms with Gasteiger partial charge in [-0.2, -0.15) is 0 Å². The fraction of sp³-hybridized carbons (Fsp3) is 0.321. The lowest BCUT2D eigenvalue weighted by atomic mass is 9.94. The third kappa shape index (κ3) is 5.04. The molecule has 0 radical (unpaired) electrons. The maximum atomic E-state index is 13.7. The summed E-state index contributed by atoms with van der Waals surface area (Å²) < 4.78 is 7.39. The molecule has 7 nitrogen and oxygen atoms in total. The summed E-state index contributed by atoms with van der Waals surface area (Å²) in [5, 5.41) is 1.68. The maximum Gasteiger partial charge on any atom is 0.267 e. The number of hydrogen-bond donors (Lipinski definition) is 1. The molecule has 186 valence electrons. The predicted octanol–water partition coefficient (Wildman–Crippen LogP) is 5.46. The summed E-state index contributed by atoms with van der Waals surface area (Å²) in [7, 11) is 0. The third-order valence-corrected chi connectivity index (χ3v) is 7.56. The summed E-state index contributed by atoms with van der Waals surface area (Å²) >= 11 is 1.41. The van der Waals surface area contributed by atoms with Gasteiger partial charge in [0.1, 0.15) is 12.3 Å². The Morgan fingerprint density at radius 1 is 1.14 bits per heavy atom. The lowest BCUT2D eigenvalue weighted by molar-refractivity contribution is -0.124. The van der Waals surface area contributed by atoms with Crippen molar-refractivity contribution in [3.8, 4) is 5.75 Å². The number of para-hydroxylation sites is 1. The van der Waals surface area contributed by atoms with E-state index in [0.717, 1.165) is 53.6 Å². The summed E-state index contributed by atoms with van der Waals surface area (Å²) in [6.45, 7) is 2.65. The smallest absolute Gasteiger partial charge is 0.267 e. The number of nitrogens with zero attached hydrogens (tertiary/aromatic N) is 3. The Hall–Kier alpha value is -3.52. The maximum absolute atomic E-state index is 13.7. The number of fused-ring (bicyclic) bond motifs is 1. The zero-order chi connectivity index (χ0) is 25.1. The zero-order valence-electron chi connectivity index (χ0n) is 20.4. The highest BCUT2D eigenvalue weighted by Gasteiger charge is 2.38. The summed E-state index contributed by atoms with van der Waals surface area (Å²) in [5.74, 6) is 0.381. The normalized spacial score (nSPS) is 19.0. The Kier molecular flexibility index (Phi) is 7.13. The van der Waals surface area contributed by atoms with E-state index in [4.69, 9.17) is 15.5 Å². The number of benzene rings is 2. The second kappa shape index (κ2) is 10.6. The van der Waals surface area contributed by atoms with Crippen molar-refractivity contribution < 1.29 is 14.3 Å². The Morgan fingerprint density at radius 2 is 1.89 bits per heavy atom. The SMILES string of the molecule is CCOc1ccc(N=C2SC(=Cc3cn(CC(N)=O)c4ccccc34)C(=O)N2C2CCCCC2)cc1. The van der Waals surface area contributed by atoms with Crippen LogP contribution in [0.4, 0.5) is 5.69 Å². The van der Waals surface area contributed by atoms with E-state index in [9.17, 15) is 9.59 Å². The first-order chi connectivity index (χ1) is 17.5. The van der Waals surface area contributed by atoms with Gasteiger partial charge in [-0.05, 0) is 67.9 Å². The van der Waals surface area contributed by atoms with Crippen molar-refractivity contribution in [3.05, 3.63) is 65.2 Å². The van der Waals surface area contributed by atoms with Gasteiger partial charge in [0.25, 0.3) is 5.91 Å². The number of thioether (sulfide) groups is 1. The van der Waals surface area contributed by atoms with Crippen molar-refractivity contribution in [2.45, 2.75) is 51.6 Å². The molecule has 0 atom stereocenters. The van der Waals surface area contributed by atoms with Crippen molar-refractivity contribution in [3.63, 3.8) is 0 Å². The topological polar surface area (TPSA) is 89.9 Å². The number of rotatable bonds is 7. The second-order valence-corrected chi connectivity index (χ2v) is 10.1. The molecule has 0 bridgehead atoms. The van der Waals surface area contributed by atoms with Gasteiger partial charge in [-0.3, -0.25) is 14.5 Å². The fourth-order valence-electron chi connectivity index (χ4n) is 4.95. The number of aromatic nitrogens is 1. The number of nitrogens with two attached hydrogens (primary N) is 1. The molecule has 2 N–H and O–H groups in total. The van der Waals surface area contributed by atoms with E-state index in [1.54, 1.807) is 0 Å². The van der Waals surface area contributed by atoms with Crippen LogP contribution in [0.15, 0.2) is 64.6 Å². The Balaban J connectivity index is 1.52. The second-order valence-electron chi connectivity index (χ2n) is 9.09. The lowest BCUT2D eigenvalue weighted by Crippen LogP contribution is -2.40. The van der Waals surface area contributed by atoms with Crippen molar-refractivity contribution in [2.75, 3.05) is 6.61 Å². The van der Waals surface area contributed by atoms with E-state index < -0.39 is 5.91 Å². The molecule has 2 aliphatic rings. The largest absolute Gasteiger partial charge is 0.494 e. The van der Waals surface area contributed by atoms with Gasteiger partial charge < -0.3 is 15.0 Å². The van der Waals surface area contributed by atoms with E-state index in [1.165, 1.54) is 18.2 Å². The standard InChI is InChI=1S/C28H30N4O3S/c1-2-35-22-14-12-20(13-15-22)30-28-32(21-8-4-3-5-9-21)27(34)25(36-28)16-19-17-31(18-26(29)33)24-11-7-6-10-23(19)24/h6-7,10-17,21H,2-5,8-9,18H2,1H3,(H2,29,33). The van der Waals surface area contributed by atoms with Crippen LogP contribution in [-0.2, 0) is 16.1 Å². The molecule has 2 amide bonds. The number of amides is 2. The molecule has 2 aromatic carbocycles. The molecule has 1 saturated carbocycles. The Bertz CT molecular complexity index is 1340. The molecule has 2 heterocycles. The van der Waals surface area contributed by atoms with E-state index in [-0.39, 0.29) is 18.5 Å². The first-order valence-electron chi connectivity index (χ1n) is 12.4. The van der Waals surface area contributed by atoms with E-state index in [2.05, 4.69) is 0 Å². The molecular formula is C28H30N4O3S. The van der Waals surface area contributed by atoms with Crippen LogP contribution in [0.5, 0.6) is 5.75 Å². The zero-order valence-corrected chi connectivity index (χ0v) is 21.2. The van der Waals surface area contributed by atoms with Gasteiger partial charge in [0.05, 0.1) is 17.2 Å². The average molecular weight is 503 g/mol. The molecule has 1 aliphatic heterocycles. The molecule has 1 aliphatic carbocycles. The number of ether oxygens (including phenoxy) is 1. The Morgan fingerprint density at radius 3 is 2.61 bits per heavy atom. The molecule has 1 aromatic heterocycles. The van der Waals surface area contributed by atoms with Gasteiger partial charge in [0.2, 0.25) is 5.91 Å². The van der Waals surface area contributed by atoms with Crippen molar-refractivity contribution in [2.24, 2.45) is 10.7 Å². The highest BCUT2D eigenvalue weighted by molar-refractivity contribution is 8.18. The van der Waals surface area contributed by atoms with Gasteiger partial charge in [0.15, 0.2) is 5.17 Å². The van der Waals surface area contributed by atoms with Gasteiger partial charge in [-0.1, -0.05) is 37.5 Å². The number of amidine groups is 1. The highest BCUT2D eigenvalue weighted by atomic mass is 32.2. The third-order valence-electron chi connectivity index (χ3n) is 6.58. The minimum Gasteiger partial charge on any atom is -0.494 e. The fourth-order valence-corrected chi connectivity index (χ4v) is 6.00. The van der Waals surface area contributed by atoms with Crippen LogP contribution >= 0.6 is 11.8 Å². The first kappa shape index (κ1) is 24.2. The number of primary amides is 1. The van der Waals surface area contributed by atoms with E-state index in [0.29, 0.717) is 16.7 Å². The van der Waals surface area contributed by atoms with Crippen LogP contribution in [0.3, 0.4) is 0 Å². The molecular weight excluding hydrogens is 472 g/mol. The number of carbonyl (C=O) groups is 2. The van der Waals surface area contributed by atoms with E-state index in [1.807, 2.05) is 77.2 Å². The molecule has 2 fully saturated rings. The van der Waals surface area contributed by atoms with Gasteiger partial charge in [-0.15, -0.1) is 0 Å². The average Bonchev–Trinajstić information content (AvgIpc) is 3.37. The summed E-state index contributed by atoms with van der Waals surface area (Å²) in [5.41, 5.74) is 8.04. The first-order valence-corrected chi connectivity index (χ1v) is 13.3. The van der Waals surface area contributed by atoms with Crippen molar-refractivity contribution in [1.29, 1.82) is 0 Å². The van der Waals surface area contributed by atoms with Crippen LogP contribution in [-0.4, -0.2) is 39.1 Å². The quantitative estimate of drug-likeness (QED) is 0.434. The van der Waals surface area contributed by atoms with Crippen LogP contribution in [0.2, 0.25) is 0 Å². The molecule has 3 aromatic rings. The minimum absolute atomic E-state index is 0.0108. The summed E-state index contributed by atoms with van der Waals surface area (Å²) in [6, 6.07) is 15.6. The molecule has 36 heavy (non-hydrogen) atoms. The predicted molar refractivity (Wildman–Crippen MR) is 145 cm³/mol.